The van der Waals surface area contributed by atoms with Gasteiger partial charge in [-0.25, -0.2) is 4.68 Å². The molecule has 1 amide bonds. The fraction of sp³-hybridized carbons (Fsp3) is 0.474. The van der Waals surface area contributed by atoms with Crippen LogP contribution in [0.2, 0.25) is 0 Å². The Morgan fingerprint density at radius 3 is 2.68 bits per heavy atom. The van der Waals surface area contributed by atoms with Crippen LogP contribution in [0.4, 0.5) is 0 Å². The number of hydrogen-bond acceptors (Lipinski definition) is 3. The maximum absolute atomic E-state index is 12.2. The molecule has 5 nitrogen and oxygen atoms in total. The van der Waals surface area contributed by atoms with Crippen LogP contribution < -0.4 is 10.6 Å². The molecule has 3 rings (SSSR count). The standard InChI is InChI=1S/C19H26N4O.ClH/c1-15(22-19(24)8-3-16-9-12-20-13-10-16)17-4-6-18(7-5-17)23-14-2-11-21-23;/h2,4-7,11,14-16,20H,3,8-10,12-13H2,1H3,(H,22,24);1H. The molecule has 2 aromatic rings. The monoisotopic (exact) mass is 362 g/mol. The summed E-state index contributed by atoms with van der Waals surface area (Å²) >= 11 is 0. The zero-order valence-electron chi connectivity index (χ0n) is 14.6. The van der Waals surface area contributed by atoms with E-state index in [-0.39, 0.29) is 24.4 Å². The van der Waals surface area contributed by atoms with Gasteiger partial charge in [0.2, 0.25) is 5.91 Å². The molecule has 1 aliphatic rings. The van der Waals surface area contributed by atoms with Gasteiger partial charge in [0, 0.05) is 18.8 Å². The van der Waals surface area contributed by atoms with Gasteiger partial charge in [-0.2, -0.15) is 5.10 Å². The summed E-state index contributed by atoms with van der Waals surface area (Å²) in [6.45, 7) is 4.21. The predicted molar refractivity (Wildman–Crippen MR) is 102 cm³/mol. The van der Waals surface area contributed by atoms with E-state index in [0.717, 1.165) is 30.8 Å². The highest BCUT2D eigenvalue weighted by atomic mass is 35.5. The lowest BCUT2D eigenvalue weighted by Gasteiger charge is -2.22. The fourth-order valence-electron chi connectivity index (χ4n) is 3.24. The zero-order chi connectivity index (χ0) is 16.8. The highest BCUT2D eigenvalue weighted by molar-refractivity contribution is 5.85. The molecule has 1 unspecified atom stereocenters. The van der Waals surface area contributed by atoms with E-state index in [1.807, 2.05) is 36.0 Å². The highest BCUT2D eigenvalue weighted by Gasteiger charge is 2.15. The molecule has 1 aliphatic heterocycles. The molecule has 1 atom stereocenters. The predicted octanol–water partition coefficient (Wildman–Crippen LogP) is 3.25. The molecule has 0 bridgehead atoms. The van der Waals surface area contributed by atoms with E-state index in [0.29, 0.717) is 12.3 Å². The van der Waals surface area contributed by atoms with E-state index in [2.05, 4.69) is 27.9 Å². The first kappa shape index (κ1) is 19.5. The second kappa shape index (κ2) is 9.59. The van der Waals surface area contributed by atoms with Crippen molar-refractivity contribution in [3.63, 3.8) is 0 Å². The molecule has 25 heavy (non-hydrogen) atoms. The van der Waals surface area contributed by atoms with E-state index in [1.165, 1.54) is 12.8 Å². The molecule has 1 saturated heterocycles. The minimum atomic E-state index is 0. The molecule has 0 spiro atoms. The van der Waals surface area contributed by atoms with Crippen LogP contribution >= 0.6 is 12.4 Å². The maximum atomic E-state index is 12.2. The van der Waals surface area contributed by atoms with Crippen LogP contribution in [-0.2, 0) is 4.79 Å². The lowest BCUT2D eigenvalue weighted by atomic mass is 9.93. The number of aromatic nitrogens is 2. The quantitative estimate of drug-likeness (QED) is 0.829. The van der Waals surface area contributed by atoms with Crippen molar-refractivity contribution in [2.45, 2.75) is 38.6 Å². The van der Waals surface area contributed by atoms with Crippen molar-refractivity contribution >= 4 is 18.3 Å². The number of hydrogen-bond donors (Lipinski definition) is 2. The van der Waals surface area contributed by atoms with Gasteiger partial charge >= 0.3 is 0 Å². The van der Waals surface area contributed by atoms with Crippen LogP contribution in [0.15, 0.2) is 42.7 Å². The van der Waals surface area contributed by atoms with Crippen LogP contribution in [0.25, 0.3) is 5.69 Å². The number of carbonyl (C=O) groups excluding carboxylic acids is 1. The second-order valence-electron chi connectivity index (χ2n) is 6.56. The Morgan fingerprint density at radius 1 is 1.32 bits per heavy atom. The van der Waals surface area contributed by atoms with Gasteiger partial charge in [0.1, 0.15) is 0 Å². The molecule has 0 aliphatic carbocycles. The number of carbonyl (C=O) groups is 1. The summed E-state index contributed by atoms with van der Waals surface area (Å²) < 4.78 is 1.83. The van der Waals surface area contributed by atoms with E-state index in [9.17, 15) is 4.79 Å². The Labute approximate surface area is 155 Å². The van der Waals surface area contributed by atoms with E-state index in [4.69, 9.17) is 0 Å². The summed E-state index contributed by atoms with van der Waals surface area (Å²) in [6, 6.07) is 10.1. The summed E-state index contributed by atoms with van der Waals surface area (Å²) in [5.41, 5.74) is 2.13. The van der Waals surface area contributed by atoms with Crippen molar-refractivity contribution in [3.8, 4) is 5.69 Å². The average molecular weight is 363 g/mol. The summed E-state index contributed by atoms with van der Waals surface area (Å²) in [5.74, 6) is 0.845. The Hall–Kier alpha value is -1.85. The van der Waals surface area contributed by atoms with Crippen LogP contribution in [0.3, 0.4) is 0 Å². The van der Waals surface area contributed by atoms with Crippen molar-refractivity contribution in [1.29, 1.82) is 0 Å². The van der Waals surface area contributed by atoms with E-state index in [1.54, 1.807) is 6.20 Å². The number of nitrogens with zero attached hydrogens (tertiary/aromatic N) is 2. The Bertz CT molecular complexity index is 636. The Kier molecular flexibility index (Phi) is 7.47. The smallest absolute Gasteiger partial charge is 0.220 e. The molecule has 1 aromatic carbocycles. The van der Waals surface area contributed by atoms with Crippen LogP contribution in [0, 0.1) is 5.92 Å². The number of rotatable bonds is 6. The lowest BCUT2D eigenvalue weighted by Crippen LogP contribution is -2.30. The van der Waals surface area contributed by atoms with Gasteiger partial charge in [0.15, 0.2) is 0 Å². The van der Waals surface area contributed by atoms with Gasteiger partial charge in [-0.1, -0.05) is 12.1 Å². The minimum absolute atomic E-state index is 0. The van der Waals surface area contributed by atoms with Gasteiger partial charge < -0.3 is 10.6 Å². The van der Waals surface area contributed by atoms with Gasteiger partial charge in [0.25, 0.3) is 0 Å². The van der Waals surface area contributed by atoms with E-state index >= 15 is 0 Å². The first-order chi connectivity index (χ1) is 11.7. The number of piperidine rings is 1. The number of benzene rings is 1. The first-order valence-corrected chi connectivity index (χ1v) is 8.82. The van der Waals surface area contributed by atoms with Gasteiger partial charge in [-0.3, -0.25) is 4.79 Å². The molecule has 136 valence electrons. The number of halogens is 1. The highest BCUT2D eigenvalue weighted by Crippen LogP contribution is 2.19. The minimum Gasteiger partial charge on any atom is -0.350 e. The average Bonchev–Trinajstić information content (AvgIpc) is 3.16. The summed E-state index contributed by atoms with van der Waals surface area (Å²) in [5, 5.41) is 10.7. The normalized spacial score (nSPS) is 16.0. The molecule has 1 fully saturated rings. The van der Waals surface area contributed by atoms with Crippen molar-refractivity contribution < 1.29 is 4.79 Å². The largest absolute Gasteiger partial charge is 0.350 e. The van der Waals surface area contributed by atoms with Gasteiger partial charge in [0.05, 0.1) is 11.7 Å². The van der Waals surface area contributed by atoms with Gasteiger partial charge in [-0.15, -0.1) is 12.4 Å². The lowest BCUT2D eigenvalue weighted by molar-refractivity contribution is -0.122. The third-order valence-electron chi connectivity index (χ3n) is 4.78. The molecular formula is C19H27ClN4O. The van der Waals surface area contributed by atoms with Crippen LogP contribution in [0.1, 0.15) is 44.2 Å². The molecule has 2 heterocycles. The third kappa shape index (κ3) is 5.58. The third-order valence-corrected chi connectivity index (χ3v) is 4.78. The molecule has 2 N–H and O–H groups in total. The molecule has 1 aromatic heterocycles. The van der Waals surface area contributed by atoms with Crippen molar-refractivity contribution in [2.24, 2.45) is 5.92 Å². The van der Waals surface area contributed by atoms with Crippen molar-refractivity contribution in [1.82, 2.24) is 20.4 Å². The number of nitrogens with one attached hydrogen (secondary N) is 2. The Balaban J connectivity index is 0.00000225. The maximum Gasteiger partial charge on any atom is 0.220 e. The fourth-order valence-corrected chi connectivity index (χ4v) is 3.24. The molecule has 0 saturated carbocycles. The molecule has 6 heteroatoms. The summed E-state index contributed by atoms with van der Waals surface area (Å²) in [4.78, 5) is 12.2. The van der Waals surface area contributed by atoms with Gasteiger partial charge in [-0.05, 0) is 69.0 Å². The van der Waals surface area contributed by atoms with E-state index < -0.39 is 0 Å². The SMILES string of the molecule is CC(NC(=O)CCC1CCNCC1)c1ccc(-n2cccn2)cc1.Cl. The number of amides is 1. The van der Waals surface area contributed by atoms with Crippen molar-refractivity contribution in [3.05, 3.63) is 48.3 Å². The Morgan fingerprint density at radius 2 is 2.04 bits per heavy atom. The zero-order valence-corrected chi connectivity index (χ0v) is 15.5. The summed E-state index contributed by atoms with van der Waals surface area (Å²) in [7, 11) is 0. The van der Waals surface area contributed by atoms with Crippen molar-refractivity contribution in [2.75, 3.05) is 13.1 Å². The molecule has 0 radical (unpaired) electrons. The second-order valence-corrected chi connectivity index (χ2v) is 6.56. The topological polar surface area (TPSA) is 59.0 Å². The van der Waals surface area contributed by atoms with Crippen LogP contribution in [0.5, 0.6) is 0 Å². The summed E-state index contributed by atoms with van der Waals surface area (Å²) in [6.07, 6.45) is 7.69. The van der Waals surface area contributed by atoms with Crippen LogP contribution in [-0.4, -0.2) is 28.8 Å². The molecular weight excluding hydrogens is 336 g/mol. The first-order valence-electron chi connectivity index (χ1n) is 8.82.